The van der Waals surface area contributed by atoms with Crippen LogP contribution in [0.1, 0.15) is 36.8 Å². The van der Waals surface area contributed by atoms with E-state index in [0.717, 1.165) is 16.7 Å². The Balaban J connectivity index is 2.33. The average molecular weight is 356 g/mol. The van der Waals surface area contributed by atoms with E-state index in [0.29, 0.717) is 22.5 Å². The topological polar surface area (TPSA) is 72.2 Å². The molecule has 1 atom stereocenters. The van der Waals surface area contributed by atoms with E-state index in [1.165, 1.54) is 28.4 Å². The van der Waals surface area contributed by atoms with Crippen molar-refractivity contribution in [1.82, 2.24) is 9.55 Å². The lowest BCUT2D eigenvalue weighted by Crippen LogP contribution is -2.31. The number of carboxylic acid groups (broad SMARTS) is 1. The van der Waals surface area contributed by atoms with Crippen LogP contribution in [-0.4, -0.2) is 20.6 Å². The molecule has 130 valence electrons. The molecule has 3 rings (SSSR count). The van der Waals surface area contributed by atoms with Crippen LogP contribution in [0.3, 0.4) is 0 Å². The number of carboxylic acids is 1. The second kappa shape index (κ2) is 6.44. The first-order chi connectivity index (χ1) is 11.8. The van der Waals surface area contributed by atoms with Gasteiger partial charge in [-0.3, -0.25) is 9.36 Å². The number of aliphatic carboxylic acids is 1. The molecule has 2 heterocycles. The number of rotatable bonds is 4. The number of thiophene rings is 1. The van der Waals surface area contributed by atoms with E-state index in [2.05, 4.69) is 11.1 Å². The fourth-order valence-corrected chi connectivity index (χ4v) is 3.88. The summed E-state index contributed by atoms with van der Waals surface area (Å²) in [7, 11) is 0. The summed E-state index contributed by atoms with van der Waals surface area (Å²) in [5.74, 6) is -0.540. The summed E-state index contributed by atoms with van der Waals surface area (Å²) in [4.78, 5) is 29.8. The Bertz CT molecular complexity index is 1030. The van der Waals surface area contributed by atoms with E-state index < -0.39 is 12.0 Å². The summed E-state index contributed by atoms with van der Waals surface area (Å²) < 4.78 is 1.31. The number of hydrogen-bond acceptors (Lipinski definition) is 4. The van der Waals surface area contributed by atoms with Crippen LogP contribution >= 0.6 is 11.3 Å². The van der Waals surface area contributed by atoms with Crippen LogP contribution in [0, 0.1) is 13.8 Å². The van der Waals surface area contributed by atoms with Gasteiger partial charge >= 0.3 is 5.97 Å². The van der Waals surface area contributed by atoms with Gasteiger partial charge in [0.25, 0.3) is 5.56 Å². The van der Waals surface area contributed by atoms with Gasteiger partial charge in [0.15, 0.2) is 0 Å². The number of aryl methyl sites for hydroxylation is 3. The van der Waals surface area contributed by atoms with E-state index in [1.807, 2.05) is 38.3 Å². The average Bonchev–Trinajstić information content (AvgIpc) is 3.00. The van der Waals surface area contributed by atoms with Crippen LogP contribution in [0.4, 0.5) is 0 Å². The van der Waals surface area contributed by atoms with Crippen LogP contribution in [0.25, 0.3) is 21.3 Å². The Morgan fingerprint density at radius 3 is 2.64 bits per heavy atom. The molecule has 0 spiro atoms. The second-order valence-corrected chi connectivity index (χ2v) is 7.06. The highest BCUT2D eigenvalue weighted by Crippen LogP contribution is 2.32. The molecule has 3 aromatic rings. The zero-order valence-electron chi connectivity index (χ0n) is 14.7. The molecular formula is C19H20N2O3S. The number of aromatic nitrogens is 2. The molecular weight excluding hydrogens is 336 g/mol. The van der Waals surface area contributed by atoms with Crippen LogP contribution in [0.15, 0.2) is 28.4 Å². The fourth-order valence-electron chi connectivity index (χ4n) is 2.93. The molecule has 25 heavy (non-hydrogen) atoms. The van der Waals surface area contributed by atoms with Crippen LogP contribution in [-0.2, 0) is 11.2 Å². The van der Waals surface area contributed by atoms with Crippen LogP contribution in [0.2, 0.25) is 0 Å². The van der Waals surface area contributed by atoms with Crippen LogP contribution in [0.5, 0.6) is 0 Å². The van der Waals surface area contributed by atoms with Gasteiger partial charge in [0.05, 0.1) is 5.39 Å². The SMILES string of the molecule is CCc1nc2scc(-c3ccc(C)c(C)c3)c2c(=O)n1C(C)C(=O)O. The zero-order valence-corrected chi connectivity index (χ0v) is 15.5. The molecule has 0 saturated carbocycles. The minimum Gasteiger partial charge on any atom is -0.480 e. The summed E-state index contributed by atoms with van der Waals surface area (Å²) in [6.07, 6.45) is 0.500. The Morgan fingerprint density at radius 1 is 1.32 bits per heavy atom. The predicted molar refractivity (Wildman–Crippen MR) is 101 cm³/mol. The van der Waals surface area contributed by atoms with Crippen molar-refractivity contribution in [2.75, 3.05) is 0 Å². The first-order valence-corrected chi connectivity index (χ1v) is 9.06. The summed E-state index contributed by atoms with van der Waals surface area (Å²) in [5, 5.41) is 11.8. The molecule has 0 amide bonds. The van der Waals surface area contributed by atoms with Gasteiger partial charge in [-0.15, -0.1) is 11.3 Å². The normalized spacial score (nSPS) is 12.5. The molecule has 0 bridgehead atoms. The fraction of sp³-hybridized carbons (Fsp3) is 0.316. The zero-order chi connectivity index (χ0) is 18.3. The molecule has 0 aliphatic rings. The van der Waals surface area contributed by atoms with Gasteiger partial charge in [-0.1, -0.05) is 25.1 Å². The third-order valence-corrected chi connectivity index (χ3v) is 5.46. The maximum Gasteiger partial charge on any atom is 0.326 e. The van der Waals surface area contributed by atoms with Gasteiger partial charge in [0.1, 0.15) is 16.7 Å². The second-order valence-electron chi connectivity index (χ2n) is 6.20. The quantitative estimate of drug-likeness (QED) is 0.768. The molecule has 0 saturated heterocycles. The number of nitrogens with zero attached hydrogens (tertiary/aromatic N) is 2. The summed E-state index contributed by atoms with van der Waals surface area (Å²) >= 11 is 1.42. The molecule has 6 heteroatoms. The van der Waals surface area contributed by atoms with E-state index in [4.69, 9.17) is 0 Å². The first-order valence-electron chi connectivity index (χ1n) is 8.18. The molecule has 0 aliphatic heterocycles. The third-order valence-electron chi connectivity index (χ3n) is 4.59. The summed E-state index contributed by atoms with van der Waals surface area (Å²) in [6, 6.07) is 5.11. The number of fused-ring (bicyclic) bond motifs is 1. The van der Waals surface area contributed by atoms with Crippen molar-refractivity contribution in [3.8, 4) is 11.1 Å². The van der Waals surface area contributed by atoms with Crippen molar-refractivity contribution in [2.45, 2.75) is 40.2 Å². The van der Waals surface area contributed by atoms with Crippen molar-refractivity contribution >= 4 is 27.5 Å². The maximum absolute atomic E-state index is 13.1. The van der Waals surface area contributed by atoms with E-state index in [-0.39, 0.29) is 5.56 Å². The van der Waals surface area contributed by atoms with Gasteiger partial charge in [0.2, 0.25) is 0 Å². The highest BCUT2D eigenvalue weighted by atomic mass is 32.1. The van der Waals surface area contributed by atoms with E-state index >= 15 is 0 Å². The Morgan fingerprint density at radius 2 is 2.04 bits per heavy atom. The van der Waals surface area contributed by atoms with Crippen molar-refractivity contribution in [3.05, 3.63) is 50.9 Å². The van der Waals surface area contributed by atoms with Crippen molar-refractivity contribution in [2.24, 2.45) is 0 Å². The number of benzene rings is 1. The van der Waals surface area contributed by atoms with Crippen molar-refractivity contribution in [1.29, 1.82) is 0 Å². The lowest BCUT2D eigenvalue weighted by atomic mass is 10.0. The monoisotopic (exact) mass is 356 g/mol. The van der Waals surface area contributed by atoms with Crippen molar-refractivity contribution in [3.63, 3.8) is 0 Å². The van der Waals surface area contributed by atoms with E-state index in [1.54, 1.807) is 0 Å². The van der Waals surface area contributed by atoms with Gasteiger partial charge in [0, 0.05) is 17.4 Å². The van der Waals surface area contributed by atoms with Gasteiger partial charge in [-0.2, -0.15) is 0 Å². The Hall–Kier alpha value is -2.47. The van der Waals surface area contributed by atoms with E-state index in [9.17, 15) is 14.7 Å². The molecule has 0 aliphatic carbocycles. The van der Waals surface area contributed by atoms with Gasteiger partial charge in [-0.25, -0.2) is 9.78 Å². The largest absolute Gasteiger partial charge is 0.480 e. The lowest BCUT2D eigenvalue weighted by molar-refractivity contribution is -0.140. The highest BCUT2D eigenvalue weighted by Gasteiger charge is 2.23. The standard InChI is InChI=1S/C19H20N2O3S/c1-5-15-20-17-16(18(22)21(15)12(4)19(23)24)14(9-25-17)13-7-6-10(2)11(3)8-13/h6-9,12H,5H2,1-4H3,(H,23,24). The minimum absolute atomic E-state index is 0.286. The molecule has 1 aromatic carbocycles. The maximum atomic E-state index is 13.1. The molecule has 1 unspecified atom stereocenters. The third kappa shape index (κ3) is 2.87. The Labute approximate surface area is 149 Å². The van der Waals surface area contributed by atoms with Crippen LogP contribution < -0.4 is 5.56 Å². The summed E-state index contributed by atoms with van der Waals surface area (Å²) in [6.45, 7) is 7.46. The highest BCUT2D eigenvalue weighted by molar-refractivity contribution is 7.17. The molecule has 0 fully saturated rings. The summed E-state index contributed by atoms with van der Waals surface area (Å²) in [5.41, 5.74) is 3.81. The van der Waals surface area contributed by atoms with Crippen molar-refractivity contribution < 1.29 is 9.90 Å². The molecule has 5 nitrogen and oxygen atoms in total. The number of carbonyl (C=O) groups is 1. The molecule has 2 aromatic heterocycles. The first kappa shape index (κ1) is 17.4. The molecule has 0 radical (unpaired) electrons. The number of hydrogen-bond donors (Lipinski definition) is 1. The lowest BCUT2D eigenvalue weighted by Gasteiger charge is -2.15. The predicted octanol–water partition coefficient (Wildman–Crippen LogP) is 3.95. The Kier molecular flexibility index (Phi) is 4.47. The molecule has 1 N–H and O–H groups in total. The smallest absolute Gasteiger partial charge is 0.326 e. The van der Waals surface area contributed by atoms with Gasteiger partial charge < -0.3 is 5.11 Å². The minimum atomic E-state index is -1.04. The van der Waals surface area contributed by atoms with Gasteiger partial charge in [-0.05, 0) is 37.5 Å².